The Labute approximate surface area is 81.0 Å². The molecule has 0 heterocycles. The maximum Gasteiger partial charge on any atom is 0.310 e. The maximum absolute atomic E-state index is 11.1. The van der Waals surface area contributed by atoms with Crippen LogP contribution in [0.4, 0.5) is 0 Å². The summed E-state index contributed by atoms with van der Waals surface area (Å²) in [4.78, 5) is 11.1. The number of hydrogen-bond acceptors (Lipinski definition) is 2. The molecule has 0 fully saturated rings. The van der Waals surface area contributed by atoms with E-state index in [4.69, 9.17) is 4.74 Å². The fourth-order valence-corrected chi connectivity index (χ4v) is 0.847. The third-order valence-corrected chi connectivity index (χ3v) is 1.33. The Balaban J connectivity index is 3.64. The number of allylic oxidation sites excluding steroid dienone is 1. The van der Waals surface area contributed by atoms with Gasteiger partial charge in [-0.05, 0) is 27.2 Å². The molecule has 0 N–H and O–H groups in total. The highest BCUT2D eigenvalue weighted by Gasteiger charge is 2.14. The van der Waals surface area contributed by atoms with E-state index in [1.165, 1.54) is 0 Å². The Morgan fingerprint density at radius 3 is 2.38 bits per heavy atom. The van der Waals surface area contributed by atoms with Crippen LogP contribution in [0.25, 0.3) is 0 Å². The number of esters is 1. The minimum Gasteiger partial charge on any atom is -0.460 e. The van der Waals surface area contributed by atoms with Crippen LogP contribution in [0.3, 0.4) is 0 Å². The molecule has 2 nitrogen and oxygen atoms in total. The molecule has 2 heteroatoms. The second kappa shape index (κ2) is 5.79. The Bertz CT molecular complexity index is 175. The Morgan fingerprint density at radius 2 is 1.92 bits per heavy atom. The molecule has 0 atom stereocenters. The first-order valence-corrected chi connectivity index (χ1v) is 4.82. The summed E-state index contributed by atoms with van der Waals surface area (Å²) in [7, 11) is 0. The van der Waals surface area contributed by atoms with E-state index in [2.05, 4.69) is 6.92 Å². The van der Waals surface area contributed by atoms with Crippen molar-refractivity contribution >= 4 is 5.97 Å². The van der Waals surface area contributed by atoms with E-state index < -0.39 is 0 Å². The number of ether oxygens (including phenoxy) is 1. The van der Waals surface area contributed by atoms with Crippen molar-refractivity contribution in [1.29, 1.82) is 0 Å². The van der Waals surface area contributed by atoms with Gasteiger partial charge in [0.2, 0.25) is 0 Å². The predicted molar refractivity (Wildman–Crippen MR) is 54.5 cm³/mol. The van der Waals surface area contributed by atoms with Crippen molar-refractivity contribution in [2.45, 2.75) is 52.6 Å². The first kappa shape index (κ1) is 12.2. The summed E-state index contributed by atoms with van der Waals surface area (Å²) >= 11 is 0. The van der Waals surface area contributed by atoms with Crippen LogP contribution in [-0.4, -0.2) is 11.6 Å². The lowest BCUT2D eigenvalue weighted by molar-refractivity contribution is -0.153. The molecule has 13 heavy (non-hydrogen) atoms. The standard InChI is InChI=1S/C11H20O2/c1-5-6-7-8-9-10(12)13-11(2,3)4/h7-8H,5-6,9H2,1-4H3/b8-7+. The van der Waals surface area contributed by atoms with Gasteiger partial charge in [0.25, 0.3) is 0 Å². The molecule has 0 spiro atoms. The van der Waals surface area contributed by atoms with Crippen LogP contribution < -0.4 is 0 Å². The van der Waals surface area contributed by atoms with Gasteiger partial charge in [-0.2, -0.15) is 0 Å². The van der Waals surface area contributed by atoms with E-state index >= 15 is 0 Å². The van der Waals surface area contributed by atoms with Crippen LogP contribution in [-0.2, 0) is 9.53 Å². The summed E-state index contributed by atoms with van der Waals surface area (Å²) in [5.74, 6) is -0.153. The zero-order valence-electron chi connectivity index (χ0n) is 9.09. The van der Waals surface area contributed by atoms with Gasteiger partial charge in [-0.1, -0.05) is 25.5 Å². The summed E-state index contributed by atoms with van der Waals surface area (Å²) in [5, 5.41) is 0. The van der Waals surface area contributed by atoms with Crippen LogP contribution in [0, 0.1) is 0 Å². The molecule has 0 saturated heterocycles. The predicted octanol–water partition coefficient (Wildman–Crippen LogP) is 3.07. The van der Waals surface area contributed by atoms with Crippen molar-refractivity contribution in [2.24, 2.45) is 0 Å². The number of carbonyl (C=O) groups excluding carboxylic acids is 1. The van der Waals surface area contributed by atoms with Gasteiger partial charge in [0.15, 0.2) is 0 Å². The lowest BCUT2D eigenvalue weighted by Gasteiger charge is -2.18. The first-order valence-electron chi connectivity index (χ1n) is 4.82. The van der Waals surface area contributed by atoms with Gasteiger partial charge >= 0.3 is 5.97 Å². The van der Waals surface area contributed by atoms with Crippen molar-refractivity contribution in [3.05, 3.63) is 12.2 Å². The Morgan fingerprint density at radius 1 is 1.31 bits per heavy atom. The molecule has 0 bridgehead atoms. The second-order valence-electron chi connectivity index (χ2n) is 4.05. The molecule has 0 unspecified atom stereocenters. The Hall–Kier alpha value is -0.790. The monoisotopic (exact) mass is 184 g/mol. The largest absolute Gasteiger partial charge is 0.460 e. The number of hydrogen-bond donors (Lipinski definition) is 0. The highest BCUT2D eigenvalue weighted by atomic mass is 16.6. The molecule has 0 aromatic carbocycles. The summed E-state index contributed by atoms with van der Waals surface area (Å²) in [6.45, 7) is 7.74. The number of unbranched alkanes of at least 4 members (excludes halogenated alkanes) is 1. The molecular weight excluding hydrogens is 164 g/mol. The fourth-order valence-electron chi connectivity index (χ4n) is 0.847. The molecule has 0 rings (SSSR count). The SMILES string of the molecule is CCC/C=C/CC(=O)OC(C)(C)C. The lowest BCUT2D eigenvalue weighted by Crippen LogP contribution is -2.23. The van der Waals surface area contributed by atoms with E-state index in [1.54, 1.807) is 0 Å². The average molecular weight is 184 g/mol. The molecule has 76 valence electrons. The van der Waals surface area contributed by atoms with Gasteiger partial charge in [0, 0.05) is 0 Å². The average Bonchev–Trinajstić information content (AvgIpc) is 1.94. The van der Waals surface area contributed by atoms with Crippen molar-refractivity contribution in [3.63, 3.8) is 0 Å². The van der Waals surface area contributed by atoms with Gasteiger partial charge in [-0.25, -0.2) is 0 Å². The molecule has 0 radical (unpaired) electrons. The molecule has 0 amide bonds. The normalized spacial score (nSPS) is 12.0. The van der Waals surface area contributed by atoms with Crippen molar-refractivity contribution < 1.29 is 9.53 Å². The Kier molecular flexibility index (Phi) is 5.44. The molecular formula is C11H20O2. The zero-order chi connectivity index (χ0) is 10.3. The summed E-state index contributed by atoms with van der Waals surface area (Å²) < 4.78 is 5.13. The summed E-state index contributed by atoms with van der Waals surface area (Å²) in [5.41, 5.74) is -0.365. The van der Waals surface area contributed by atoms with Crippen molar-refractivity contribution in [3.8, 4) is 0 Å². The van der Waals surface area contributed by atoms with Crippen LogP contribution >= 0.6 is 0 Å². The third kappa shape index (κ3) is 9.12. The van der Waals surface area contributed by atoms with E-state index in [0.29, 0.717) is 6.42 Å². The smallest absolute Gasteiger partial charge is 0.310 e. The third-order valence-electron chi connectivity index (χ3n) is 1.33. The van der Waals surface area contributed by atoms with E-state index in [1.807, 2.05) is 32.9 Å². The highest BCUT2D eigenvalue weighted by Crippen LogP contribution is 2.08. The summed E-state index contributed by atoms with van der Waals surface area (Å²) in [6.07, 6.45) is 6.42. The second-order valence-corrected chi connectivity index (χ2v) is 4.05. The van der Waals surface area contributed by atoms with Crippen molar-refractivity contribution in [1.82, 2.24) is 0 Å². The van der Waals surface area contributed by atoms with Crippen LogP contribution in [0.2, 0.25) is 0 Å². The fraction of sp³-hybridized carbons (Fsp3) is 0.727. The quantitative estimate of drug-likeness (QED) is 0.496. The molecule has 0 saturated carbocycles. The van der Waals surface area contributed by atoms with E-state index in [0.717, 1.165) is 12.8 Å². The molecule has 0 aliphatic rings. The van der Waals surface area contributed by atoms with Gasteiger partial charge in [0.1, 0.15) is 5.60 Å². The maximum atomic E-state index is 11.1. The van der Waals surface area contributed by atoms with Gasteiger partial charge in [-0.3, -0.25) is 4.79 Å². The molecule has 0 aromatic rings. The summed E-state index contributed by atoms with van der Waals surface area (Å²) in [6, 6.07) is 0. The van der Waals surface area contributed by atoms with E-state index in [-0.39, 0.29) is 11.6 Å². The van der Waals surface area contributed by atoms with Crippen LogP contribution in [0.1, 0.15) is 47.0 Å². The zero-order valence-corrected chi connectivity index (χ0v) is 9.09. The minimum absolute atomic E-state index is 0.153. The molecule has 0 aromatic heterocycles. The number of carbonyl (C=O) groups is 1. The van der Waals surface area contributed by atoms with Crippen molar-refractivity contribution in [2.75, 3.05) is 0 Å². The van der Waals surface area contributed by atoms with Gasteiger partial charge < -0.3 is 4.74 Å². The topological polar surface area (TPSA) is 26.3 Å². The molecule has 0 aliphatic carbocycles. The van der Waals surface area contributed by atoms with Crippen LogP contribution in [0.15, 0.2) is 12.2 Å². The van der Waals surface area contributed by atoms with Gasteiger partial charge in [0.05, 0.1) is 6.42 Å². The minimum atomic E-state index is -0.365. The number of rotatable bonds is 4. The van der Waals surface area contributed by atoms with Crippen LogP contribution in [0.5, 0.6) is 0 Å². The highest BCUT2D eigenvalue weighted by molar-refractivity contribution is 5.71. The van der Waals surface area contributed by atoms with Gasteiger partial charge in [-0.15, -0.1) is 0 Å². The molecule has 0 aliphatic heterocycles. The first-order chi connectivity index (χ1) is 5.95. The lowest BCUT2D eigenvalue weighted by atomic mass is 10.2. The van der Waals surface area contributed by atoms with E-state index in [9.17, 15) is 4.79 Å².